The van der Waals surface area contributed by atoms with Crippen LogP contribution in [0, 0.1) is 0 Å². The highest BCUT2D eigenvalue weighted by molar-refractivity contribution is 7.90. The molecule has 5 rings (SSSR count). The Balaban J connectivity index is 1.60. The summed E-state index contributed by atoms with van der Waals surface area (Å²) in [5.74, 6) is 0.0887. The number of nitrogens with zero attached hydrogens (tertiary/aromatic N) is 3. The molecule has 226 valence electrons. The molecule has 1 unspecified atom stereocenters. The van der Waals surface area contributed by atoms with Gasteiger partial charge in [0.1, 0.15) is 11.4 Å². The minimum absolute atomic E-state index is 0.0887. The van der Waals surface area contributed by atoms with Gasteiger partial charge in [0.15, 0.2) is 9.84 Å². The van der Waals surface area contributed by atoms with Gasteiger partial charge in [0, 0.05) is 30.2 Å². The lowest BCUT2D eigenvalue weighted by Gasteiger charge is -2.27. The summed E-state index contributed by atoms with van der Waals surface area (Å²) >= 11 is 0. The molecular formula is C32H32F3N3O4S. The molecule has 43 heavy (non-hydrogen) atoms. The molecule has 3 aromatic carbocycles. The molecule has 0 saturated carbocycles. The number of hydrogen-bond acceptors (Lipinski definition) is 5. The third-order valence-corrected chi connectivity index (χ3v) is 8.27. The highest BCUT2D eigenvalue weighted by atomic mass is 32.2. The second-order valence-corrected chi connectivity index (χ2v) is 13.6. The lowest BCUT2D eigenvalue weighted by molar-refractivity contribution is -0.137. The van der Waals surface area contributed by atoms with E-state index in [9.17, 15) is 26.4 Å². The zero-order valence-electron chi connectivity index (χ0n) is 24.2. The van der Waals surface area contributed by atoms with E-state index in [-0.39, 0.29) is 16.3 Å². The van der Waals surface area contributed by atoms with Crippen LogP contribution in [0.3, 0.4) is 0 Å². The second kappa shape index (κ2) is 11.2. The second-order valence-electron chi connectivity index (χ2n) is 11.6. The van der Waals surface area contributed by atoms with Crippen molar-refractivity contribution in [2.24, 2.45) is 0 Å². The number of carbonyl (C=O) groups is 1. The van der Waals surface area contributed by atoms with Crippen molar-refractivity contribution in [3.63, 3.8) is 0 Å². The molecule has 1 fully saturated rings. The van der Waals surface area contributed by atoms with Gasteiger partial charge in [-0.2, -0.15) is 13.2 Å². The zero-order valence-corrected chi connectivity index (χ0v) is 25.0. The predicted molar refractivity (Wildman–Crippen MR) is 157 cm³/mol. The Morgan fingerprint density at radius 3 is 2.30 bits per heavy atom. The van der Waals surface area contributed by atoms with E-state index in [0.29, 0.717) is 36.3 Å². The van der Waals surface area contributed by atoms with Crippen molar-refractivity contribution in [3.8, 4) is 28.2 Å². The molecule has 1 aliphatic heterocycles. The van der Waals surface area contributed by atoms with Gasteiger partial charge in [-0.3, -0.25) is 9.47 Å². The summed E-state index contributed by atoms with van der Waals surface area (Å²) in [7, 11) is -3.40. The molecule has 11 heteroatoms. The minimum Gasteiger partial charge on any atom is -0.444 e. The summed E-state index contributed by atoms with van der Waals surface area (Å²) in [6, 6.07) is 18.4. The number of sulfone groups is 1. The minimum atomic E-state index is -4.61. The van der Waals surface area contributed by atoms with E-state index in [1.807, 2.05) is 0 Å². The van der Waals surface area contributed by atoms with E-state index in [2.05, 4.69) is 0 Å². The smallest absolute Gasteiger partial charge is 0.417 e. The van der Waals surface area contributed by atoms with E-state index in [4.69, 9.17) is 9.72 Å². The summed E-state index contributed by atoms with van der Waals surface area (Å²) in [5.41, 5.74) is 0.811. The number of likely N-dealkylation sites (tertiary alicyclic amines) is 1. The topological polar surface area (TPSA) is 81.5 Å². The number of rotatable bonds is 5. The van der Waals surface area contributed by atoms with Gasteiger partial charge in [0.05, 0.1) is 22.2 Å². The Labute approximate surface area is 248 Å². The normalized spacial score (nSPS) is 16.0. The average Bonchev–Trinajstić information content (AvgIpc) is 3.59. The van der Waals surface area contributed by atoms with Crippen molar-refractivity contribution in [1.29, 1.82) is 0 Å². The van der Waals surface area contributed by atoms with Crippen LogP contribution in [-0.4, -0.2) is 47.4 Å². The van der Waals surface area contributed by atoms with Crippen molar-refractivity contribution >= 4 is 15.9 Å². The number of amides is 1. The van der Waals surface area contributed by atoms with Crippen LogP contribution in [0.1, 0.15) is 50.9 Å². The van der Waals surface area contributed by atoms with E-state index < -0.39 is 39.3 Å². The summed E-state index contributed by atoms with van der Waals surface area (Å²) in [6.07, 6.45) is -1.01. The zero-order chi connectivity index (χ0) is 31.2. The van der Waals surface area contributed by atoms with Gasteiger partial charge in [-0.25, -0.2) is 18.2 Å². The highest BCUT2D eigenvalue weighted by Gasteiger charge is 2.37. The van der Waals surface area contributed by atoms with E-state index in [0.717, 1.165) is 17.9 Å². The lowest BCUT2D eigenvalue weighted by atomic mass is 10.0. The molecule has 2 heterocycles. The molecule has 1 amide bonds. The van der Waals surface area contributed by atoms with Gasteiger partial charge in [-0.15, -0.1) is 0 Å². The molecule has 0 spiro atoms. The fraction of sp³-hybridized carbons (Fsp3) is 0.312. The van der Waals surface area contributed by atoms with Crippen LogP contribution in [0.2, 0.25) is 0 Å². The largest absolute Gasteiger partial charge is 0.444 e. The maximum atomic E-state index is 14.1. The molecule has 4 aromatic rings. The van der Waals surface area contributed by atoms with E-state index in [1.54, 1.807) is 78.9 Å². The highest BCUT2D eigenvalue weighted by Crippen LogP contribution is 2.40. The molecular weight excluding hydrogens is 579 g/mol. The quantitative estimate of drug-likeness (QED) is 0.231. The van der Waals surface area contributed by atoms with E-state index >= 15 is 0 Å². The summed E-state index contributed by atoms with van der Waals surface area (Å²) < 4.78 is 73.6. The number of aromatic nitrogens is 2. The fourth-order valence-corrected chi connectivity index (χ4v) is 5.87. The van der Waals surface area contributed by atoms with Gasteiger partial charge in [0.2, 0.25) is 0 Å². The number of carbonyl (C=O) groups excluding carboxylic acids is 1. The standard InChI is InChI=1S/C32H32F3N3O4S/c1-31(2,3)42-30(39)37-18-8-13-28(37)27-20-38(29(36-27)25-11-5-6-12-26(25)32(33,34)35)23-16-14-21(15-17-23)22-9-7-10-24(19-22)43(4,40)41/h5-7,9-12,14-17,19-20,28H,8,13,18H2,1-4H3. The van der Waals surface area contributed by atoms with Crippen LogP contribution in [0.25, 0.3) is 28.2 Å². The first-order valence-electron chi connectivity index (χ1n) is 13.8. The monoisotopic (exact) mass is 611 g/mol. The van der Waals surface area contributed by atoms with Gasteiger partial charge in [-0.1, -0.05) is 42.5 Å². The molecule has 1 atom stereocenters. The first-order chi connectivity index (χ1) is 20.1. The lowest BCUT2D eigenvalue weighted by Crippen LogP contribution is -2.36. The van der Waals surface area contributed by atoms with Crippen LogP contribution in [0.15, 0.2) is 83.9 Å². The molecule has 1 aromatic heterocycles. The molecule has 0 bridgehead atoms. The number of alkyl halides is 3. The van der Waals surface area contributed by atoms with Crippen LogP contribution in [0.4, 0.5) is 18.0 Å². The Bertz CT molecular complexity index is 1760. The van der Waals surface area contributed by atoms with E-state index in [1.165, 1.54) is 24.3 Å². The molecule has 0 N–H and O–H groups in total. The molecule has 1 saturated heterocycles. The summed E-state index contributed by atoms with van der Waals surface area (Å²) in [6.45, 7) is 5.77. The average molecular weight is 612 g/mol. The van der Waals surface area contributed by atoms with Crippen LogP contribution in [0.5, 0.6) is 0 Å². The Morgan fingerprint density at radius 1 is 0.953 bits per heavy atom. The van der Waals surface area contributed by atoms with Gasteiger partial charge in [0.25, 0.3) is 0 Å². The van der Waals surface area contributed by atoms with Crippen molar-refractivity contribution in [2.75, 3.05) is 12.8 Å². The van der Waals surface area contributed by atoms with Gasteiger partial charge < -0.3 is 4.74 Å². The van der Waals surface area contributed by atoms with Crippen molar-refractivity contribution in [3.05, 3.63) is 90.3 Å². The molecule has 0 radical (unpaired) electrons. The third kappa shape index (κ3) is 6.61. The van der Waals surface area contributed by atoms with Crippen molar-refractivity contribution in [1.82, 2.24) is 14.5 Å². The van der Waals surface area contributed by atoms with Gasteiger partial charge in [-0.05, 0) is 75.1 Å². The number of benzene rings is 3. The number of hydrogen-bond donors (Lipinski definition) is 0. The van der Waals surface area contributed by atoms with Crippen LogP contribution >= 0.6 is 0 Å². The maximum absolute atomic E-state index is 14.1. The Kier molecular flexibility index (Phi) is 7.89. The maximum Gasteiger partial charge on any atom is 0.417 e. The number of ether oxygens (including phenoxy) is 1. The SMILES string of the molecule is CC(C)(C)OC(=O)N1CCCC1c1cn(-c2ccc(-c3cccc(S(C)(=O)=O)c3)cc2)c(-c2ccccc2C(F)(F)F)n1. The number of imidazole rings is 1. The van der Waals surface area contributed by atoms with Crippen LogP contribution < -0.4 is 0 Å². The van der Waals surface area contributed by atoms with Crippen LogP contribution in [-0.2, 0) is 20.8 Å². The summed E-state index contributed by atoms with van der Waals surface area (Å²) in [4.78, 5) is 19.5. The molecule has 7 nitrogen and oxygen atoms in total. The van der Waals surface area contributed by atoms with Crippen molar-refractivity contribution in [2.45, 2.75) is 56.3 Å². The molecule has 0 aliphatic carbocycles. The Hall–Kier alpha value is -4.12. The number of halogens is 3. The third-order valence-electron chi connectivity index (χ3n) is 7.16. The van der Waals surface area contributed by atoms with Gasteiger partial charge >= 0.3 is 12.3 Å². The molecule has 1 aliphatic rings. The summed E-state index contributed by atoms with van der Waals surface area (Å²) in [5, 5.41) is 0. The Morgan fingerprint density at radius 2 is 1.65 bits per heavy atom. The first kappa shape index (κ1) is 30.3. The predicted octanol–water partition coefficient (Wildman–Crippen LogP) is 7.70. The first-order valence-corrected chi connectivity index (χ1v) is 15.7. The van der Waals surface area contributed by atoms with Crippen molar-refractivity contribution < 1.29 is 31.1 Å². The fourth-order valence-electron chi connectivity index (χ4n) is 5.21.